The minimum atomic E-state index is -2.22. The van der Waals surface area contributed by atoms with Crippen LogP contribution in [0.4, 0.5) is 0 Å². The number of carbonyl (C=O) groups excluding carboxylic acids is 1. The Kier molecular flexibility index (Phi) is 4.57. The van der Waals surface area contributed by atoms with Gasteiger partial charge in [-0.05, 0) is 0 Å². The standard InChI is InChI=1S/C10H12Cl2O5/c1-17-9(15)10(16)5(3-2-4-13)6(11)7(14)8(10)12/h2-3,7-8,13-14,16H,4H2,1H3. The number of hydrogen-bond donors (Lipinski definition) is 3. The van der Waals surface area contributed by atoms with Crippen LogP contribution >= 0.6 is 23.2 Å². The number of hydrogen-bond acceptors (Lipinski definition) is 5. The van der Waals surface area contributed by atoms with Crippen LogP contribution in [0.2, 0.25) is 0 Å². The monoisotopic (exact) mass is 282 g/mol. The maximum atomic E-state index is 11.6. The molecule has 0 radical (unpaired) electrons. The van der Waals surface area contributed by atoms with Gasteiger partial charge in [0.2, 0.25) is 5.60 Å². The molecule has 0 amide bonds. The molecule has 0 aliphatic heterocycles. The van der Waals surface area contributed by atoms with Crippen molar-refractivity contribution in [2.75, 3.05) is 13.7 Å². The fraction of sp³-hybridized carbons (Fsp3) is 0.500. The number of alkyl halides is 1. The molecule has 0 spiro atoms. The molecule has 3 atom stereocenters. The van der Waals surface area contributed by atoms with Crippen LogP contribution in [0.25, 0.3) is 0 Å². The maximum absolute atomic E-state index is 11.6. The van der Waals surface area contributed by atoms with Crippen molar-refractivity contribution in [2.45, 2.75) is 17.1 Å². The Bertz CT molecular complexity index is 379. The van der Waals surface area contributed by atoms with Gasteiger partial charge in [-0.25, -0.2) is 4.79 Å². The summed E-state index contributed by atoms with van der Waals surface area (Å²) in [6.45, 7) is -0.312. The Morgan fingerprint density at radius 1 is 1.65 bits per heavy atom. The van der Waals surface area contributed by atoms with Gasteiger partial charge in [-0.1, -0.05) is 23.8 Å². The van der Waals surface area contributed by atoms with Crippen molar-refractivity contribution in [3.63, 3.8) is 0 Å². The first-order valence-corrected chi connectivity index (χ1v) is 5.53. The number of methoxy groups -OCH3 is 1. The molecule has 0 aromatic heterocycles. The number of aliphatic hydroxyl groups excluding tert-OH is 2. The van der Waals surface area contributed by atoms with E-state index in [4.69, 9.17) is 28.3 Å². The lowest BCUT2D eigenvalue weighted by atomic mass is 9.94. The second-order valence-corrected chi connectivity index (χ2v) is 4.33. The van der Waals surface area contributed by atoms with Gasteiger partial charge < -0.3 is 20.1 Å². The van der Waals surface area contributed by atoms with Crippen molar-refractivity contribution >= 4 is 29.2 Å². The highest BCUT2D eigenvalue weighted by atomic mass is 35.5. The Morgan fingerprint density at radius 3 is 2.71 bits per heavy atom. The van der Waals surface area contributed by atoms with Gasteiger partial charge >= 0.3 is 5.97 Å². The molecule has 0 fully saturated rings. The van der Waals surface area contributed by atoms with E-state index >= 15 is 0 Å². The predicted octanol–water partition coefficient (Wildman–Crippen LogP) is -0.0862. The van der Waals surface area contributed by atoms with E-state index in [2.05, 4.69) is 4.74 Å². The number of ether oxygens (including phenoxy) is 1. The van der Waals surface area contributed by atoms with Gasteiger partial charge in [0.25, 0.3) is 0 Å². The predicted molar refractivity (Wildman–Crippen MR) is 61.7 cm³/mol. The molecule has 1 aliphatic carbocycles. The first-order valence-electron chi connectivity index (χ1n) is 4.71. The third-order valence-electron chi connectivity index (χ3n) is 2.49. The molecule has 0 bridgehead atoms. The fourth-order valence-corrected chi connectivity index (χ4v) is 2.33. The van der Waals surface area contributed by atoms with E-state index in [1.165, 1.54) is 12.2 Å². The molecular formula is C10H12Cl2O5. The van der Waals surface area contributed by atoms with E-state index in [1.54, 1.807) is 0 Å². The first kappa shape index (κ1) is 14.5. The van der Waals surface area contributed by atoms with Gasteiger partial charge in [-0.3, -0.25) is 0 Å². The number of rotatable bonds is 3. The van der Waals surface area contributed by atoms with Crippen molar-refractivity contribution in [2.24, 2.45) is 0 Å². The van der Waals surface area contributed by atoms with E-state index in [0.29, 0.717) is 0 Å². The molecule has 0 heterocycles. The van der Waals surface area contributed by atoms with Crippen LogP contribution in [-0.2, 0) is 9.53 Å². The smallest absolute Gasteiger partial charge is 0.344 e. The zero-order valence-corrected chi connectivity index (χ0v) is 10.4. The average Bonchev–Trinajstić information content (AvgIpc) is 2.49. The highest BCUT2D eigenvalue weighted by Gasteiger charge is 2.57. The van der Waals surface area contributed by atoms with E-state index in [1.807, 2.05) is 0 Å². The van der Waals surface area contributed by atoms with Crippen LogP contribution in [0.3, 0.4) is 0 Å². The van der Waals surface area contributed by atoms with Crippen LogP contribution in [0.15, 0.2) is 22.8 Å². The van der Waals surface area contributed by atoms with Crippen LogP contribution in [0, 0.1) is 0 Å². The van der Waals surface area contributed by atoms with Crippen LogP contribution in [0.5, 0.6) is 0 Å². The first-order chi connectivity index (χ1) is 7.91. The van der Waals surface area contributed by atoms with Crippen molar-refractivity contribution in [3.8, 4) is 0 Å². The third kappa shape index (κ3) is 2.21. The third-order valence-corrected chi connectivity index (χ3v) is 3.47. The van der Waals surface area contributed by atoms with Gasteiger partial charge in [0.15, 0.2) is 0 Å². The Morgan fingerprint density at radius 2 is 2.24 bits per heavy atom. The zero-order valence-electron chi connectivity index (χ0n) is 8.93. The summed E-state index contributed by atoms with van der Waals surface area (Å²) in [6.07, 6.45) is 1.11. The van der Waals surface area contributed by atoms with E-state index in [0.717, 1.165) is 7.11 Å². The highest BCUT2D eigenvalue weighted by Crippen LogP contribution is 2.42. The maximum Gasteiger partial charge on any atom is 0.344 e. The number of halogens is 2. The molecule has 1 rings (SSSR count). The molecule has 96 valence electrons. The summed E-state index contributed by atoms with van der Waals surface area (Å²) in [7, 11) is 1.08. The quantitative estimate of drug-likeness (QED) is 0.498. The fourth-order valence-electron chi connectivity index (χ4n) is 1.60. The Labute approximate surface area is 108 Å². The molecule has 0 saturated heterocycles. The van der Waals surface area contributed by atoms with Gasteiger partial charge in [-0.2, -0.15) is 0 Å². The van der Waals surface area contributed by atoms with Crippen LogP contribution in [-0.4, -0.2) is 52.1 Å². The highest BCUT2D eigenvalue weighted by molar-refractivity contribution is 6.34. The summed E-state index contributed by atoms with van der Waals surface area (Å²) < 4.78 is 4.44. The van der Waals surface area contributed by atoms with E-state index < -0.39 is 23.1 Å². The van der Waals surface area contributed by atoms with Crippen molar-refractivity contribution < 1.29 is 24.9 Å². The molecule has 0 aromatic rings. The minimum Gasteiger partial charge on any atom is -0.467 e. The molecule has 0 saturated carbocycles. The number of carbonyl (C=O) groups is 1. The van der Waals surface area contributed by atoms with Crippen molar-refractivity contribution in [1.29, 1.82) is 0 Å². The topological polar surface area (TPSA) is 87.0 Å². The summed E-state index contributed by atoms with van der Waals surface area (Å²) in [5, 5.41) is 27.0. The van der Waals surface area contributed by atoms with Crippen molar-refractivity contribution in [1.82, 2.24) is 0 Å². The molecule has 3 unspecified atom stereocenters. The Hall–Kier alpha value is -0.590. The second-order valence-electron chi connectivity index (χ2n) is 3.45. The molecule has 5 nitrogen and oxygen atoms in total. The Balaban J connectivity index is 3.27. The molecule has 1 aliphatic rings. The normalized spacial score (nSPS) is 33.5. The van der Waals surface area contributed by atoms with Gasteiger partial charge in [0, 0.05) is 5.57 Å². The van der Waals surface area contributed by atoms with Gasteiger partial charge in [0.05, 0.1) is 18.7 Å². The van der Waals surface area contributed by atoms with Crippen molar-refractivity contribution in [3.05, 3.63) is 22.8 Å². The average molecular weight is 283 g/mol. The number of aliphatic hydroxyl groups is 3. The summed E-state index contributed by atoms with van der Waals surface area (Å²) in [5.41, 5.74) is -2.30. The lowest BCUT2D eigenvalue weighted by molar-refractivity contribution is -0.158. The summed E-state index contributed by atoms with van der Waals surface area (Å²) in [4.78, 5) is 11.6. The summed E-state index contributed by atoms with van der Waals surface area (Å²) >= 11 is 11.6. The largest absolute Gasteiger partial charge is 0.467 e. The molecule has 3 N–H and O–H groups in total. The van der Waals surface area contributed by atoms with E-state index in [-0.39, 0.29) is 17.2 Å². The molecule has 0 aromatic carbocycles. The SMILES string of the molecule is COC(=O)C1(O)C(C=CCO)=C(Cl)C(O)C1Cl. The van der Waals surface area contributed by atoms with Gasteiger partial charge in [0.1, 0.15) is 11.5 Å². The summed E-state index contributed by atoms with van der Waals surface area (Å²) in [5.74, 6) is -1.02. The lowest BCUT2D eigenvalue weighted by Crippen LogP contribution is -2.49. The number of esters is 1. The van der Waals surface area contributed by atoms with E-state index in [9.17, 15) is 15.0 Å². The van der Waals surface area contributed by atoms with Crippen LogP contribution < -0.4 is 0 Å². The zero-order chi connectivity index (χ0) is 13.2. The molecule has 17 heavy (non-hydrogen) atoms. The second kappa shape index (κ2) is 5.37. The van der Waals surface area contributed by atoms with Gasteiger partial charge in [-0.15, -0.1) is 11.6 Å². The van der Waals surface area contributed by atoms with Crippen LogP contribution in [0.1, 0.15) is 0 Å². The molecule has 7 heteroatoms. The minimum absolute atomic E-state index is 0.0763. The lowest BCUT2D eigenvalue weighted by Gasteiger charge is -2.25. The summed E-state index contributed by atoms with van der Waals surface area (Å²) in [6, 6.07) is 0. The molecular weight excluding hydrogens is 271 g/mol.